The molecule has 0 aliphatic carbocycles. The number of ether oxygens (including phenoxy) is 3. The average molecular weight is 343 g/mol. The number of benzene rings is 1. The number of hydrogen-bond acceptors (Lipinski definition) is 5. The molecule has 0 spiro atoms. The van der Waals surface area contributed by atoms with E-state index in [1.54, 1.807) is 34.2 Å². The fraction of sp³-hybridized carbons (Fsp3) is 0.167. The van der Waals surface area contributed by atoms with Gasteiger partial charge < -0.3 is 14.2 Å². The van der Waals surface area contributed by atoms with E-state index in [9.17, 15) is 4.79 Å². The van der Waals surface area contributed by atoms with Crippen molar-refractivity contribution in [3.63, 3.8) is 0 Å². The molecule has 0 aliphatic rings. The number of carbonyl (C=O) groups is 1. The highest BCUT2D eigenvalue weighted by Gasteiger charge is 2.18. The number of thiophene rings is 1. The van der Waals surface area contributed by atoms with Gasteiger partial charge in [-0.25, -0.2) is 0 Å². The topological polar surface area (TPSA) is 49.7 Å². The van der Waals surface area contributed by atoms with E-state index in [4.69, 9.17) is 14.2 Å². The van der Waals surface area contributed by atoms with Crippen LogP contribution in [0.2, 0.25) is 0 Å². The molecule has 0 aliphatic heterocycles. The Balaban J connectivity index is 1.98. The second-order valence-electron chi connectivity index (χ2n) is 5.00. The monoisotopic (exact) mass is 343 g/mol. The predicted octanol–water partition coefficient (Wildman–Crippen LogP) is 3.93. The van der Waals surface area contributed by atoms with Crippen molar-refractivity contribution in [2.45, 2.75) is 0 Å². The maximum Gasteiger partial charge on any atom is 0.262 e. The SMILES string of the molecule is COc1cc(C(=O)n2ccc(-c3cccs3)c2)cc(OC)c1OC. The molecule has 124 valence electrons. The van der Waals surface area contributed by atoms with Crippen LogP contribution in [0.15, 0.2) is 48.1 Å². The third-order valence-corrected chi connectivity index (χ3v) is 4.56. The molecule has 2 aromatic heterocycles. The zero-order chi connectivity index (χ0) is 17.1. The number of hydrogen-bond donors (Lipinski definition) is 0. The Morgan fingerprint density at radius 1 is 1.04 bits per heavy atom. The van der Waals surface area contributed by atoms with Crippen molar-refractivity contribution in [3.05, 3.63) is 53.7 Å². The summed E-state index contributed by atoms with van der Waals surface area (Å²) in [5, 5.41) is 2.01. The molecule has 0 bridgehead atoms. The number of methoxy groups -OCH3 is 3. The minimum Gasteiger partial charge on any atom is -0.493 e. The largest absolute Gasteiger partial charge is 0.493 e. The van der Waals surface area contributed by atoms with Crippen LogP contribution in [0.5, 0.6) is 17.2 Å². The summed E-state index contributed by atoms with van der Waals surface area (Å²) in [5.41, 5.74) is 1.46. The van der Waals surface area contributed by atoms with Gasteiger partial charge in [-0.1, -0.05) is 6.07 Å². The molecule has 0 saturated carbocycles. The standard InChI is InChI=1S/C18H17NO4S/c1-21-14-9-13(10-15(22-2)17(14)23-3)18(20)19-7-6-12(11-19)16-5-4-8-24-16/h4-11H,1-3H3. The Morgan fingerprint density at radius 3 is 2.29 bits per heavy atom. The van der Waals surface area contributed by atoms with Crippen LogP contribution in [-0.2, 0) is 0 Å². The van der Waals surface area contributed by atoms with Crippen molar-refractivity contribution >= 4 is 17.2 Å². The van der Waals surface area contributed by atoms with Crippen molar-refractivity contribution < 1.29 is 19.0 Å². The fourth-order valence-corrected chi connectivity index (χ4v) is 3.18. The molecule has 0 atom stereocenters. The van der Waals surface area contributed by atoms with E-state index < -0.39 is 0 Å². The number of carbonyl (C=O) groups excluding carboxylic acids is 1. The van der Waals surface area contributed by atoms with Crippen molar-refractivity contribution in [2.75, 3.05) is 21.3 Å². The quantitative estimate of drug-likeness (QED) is 0.704. The molecule has 0 fully saturated rings. The van der Waals surface area contributed by atoms with E-state index in [0.29, 0.717) is 22.8 Å². The average Bonchev–Trinajstić information content (AvgIpc) is 3.30. The maximum absolute atomic E-state index is 12.8. The first-order valence-electron chi connectivity index (χ1n) is 7.24. The fourth-order valence-electron chi connectivity index (χ4n) is 2.47. The van der Waals surface area contributed by atoms with Gasteiger partial charge >= 0.3 is 0 Å². The van der Waals surface area contributed by atoms with Gasteiger partial charge in [0.05, 0.1) is 21.3 Å². The van der Waals surface area contributed by atoms with Crippen molar-refractivity contribution in [1.29, 1.82) is 0 Å². The minimum atomic E-state index is -0.169. The van der Waals surface area contributed by atoms with Crippen LogP contribution < -0.4 is 14.2 Å². The predicted molar refractivity (Wildman–Crippen MR) is 93.6 cm³/mol. The smallest absolute Gasteiger partial charge is 0.262 e. The highest BCUT2D eigenvalue weighted by molar-refractivity contribution is 7.13. The minimum absolute atomic E-state index is 0.169. The Labute approximate surface area is 144 Å². The van der Waals surface area contributed by atoms with Crippen molar-refractivity contribution in [3.8, 4) is 27.7 Å². The first-order chi connectivity index (χ1) is 11.7. The summed E-state index contributed by atoms with van der Waals surface area (Å²) in [4.78, 5) is 13.9. The van der Waals surface area contributed by atoms with Crippen LogP contribution in [-0.4, -0.2) is 31.8 Å². The molecular weight excluding hydrogens is 326 g/mol. The molecule has 0 unspecified atom stereocenters. The van der Waals surface area contributed by atoms with Gasteiger partial charge in [-0.05, 0) is 29.6 Å². The number of rotatable bonds is 5. The lowest BCUT2D eigenvalue weighted by Gasteiger charge is -2.13. The van der Waals surface area contributed by atoms with Crippen molar-refractivity contribution in [1.82, 2.24) is 4.57 Å². The highest BCUT2D eigenvalue weighted by Crippen LogP contribution is 2.38. The Bertz CT molecular complexity index is 827. The molecule has 1 aromatic carbocycles. The molecule has 6 heteroatoms. The highest BCUT2D eigenvalue weighted by atomic mass is 32.1. The van der Waals surface area contributed by atoms with Gasteiger partial charge in [-0.2, -0.15) is 0 Å². The third kappa shape index (κ3) is 2.88. The van der Waals surface area contributed by atoms with Crippen molar-refractivity contribution in [2.24, 2.45) is 0 Å². The zero-order valence-electron chi connectivity index (χ0n) is 13.6. The molecule has 0 saturated heterocycles. The summed E-state index contributed by atoms with van der Waals surface area (Å²) in [7, 11) is 4.58. The van der Waals surface area contributed by atoms with Crippen LogP contribution in [0.4, 0.5) is 0 Å². The van der Waals surface area contributed by atoms with E-state index in [2.05, 4.69) is 0 Å². The third-order valence-electron chi connectivity index (χ3n) is 3.64. The number of nitrogens with zero attached hydrogens (tertiary/aromatic N) is 1. The molecule has 3 aromatic rings. The van der Waals surface area contributed by atoms with Crippen LogP contribution in [0, 0.1) is 0 Å². The van der Waals surface area contributed by atoms with Gasteiger partial charge in [-0.15, -0.1) is 11.3 Å². The summed E-state index contributed by atoms with van der Waals surface area (Å²) >= 11 is 1.63. The van der Waals surface area contributed by atoms with E-state index in [1.807, 2.05) is 29.8 Å². The van der Waals surface area contributed by atoms with E-state index >= 15 is 0 Å². The van der Waals surface area contributed by atoms with Gasteiger partial charge in [0.25, 0.3) is 5.91 Å². The van der Waals surface area contributed by atoms with Gasteiger partial charge in [0.15, 0.2) is 11.5 Å². The molecule has 3 rings (SSSR count). The Morgan fingerprint density at radius 2 is 1.75 bits per heavy atom. The molecule has 0 radical (unpaired) electrons. The van der Waals surface area contributed by atoms with Crippen LogP contribution in [0.25, 0.3) is 10.4 Å². The lowest BCUT2D eigenvalue weighted by atomic mass is 10.1. The maximum atomic E-state index is 12.8. The van der Waals surface area contributed by atoms with Crippen LogP contribution in [0.1, 0.15) is 10.4 Å². The first-order valence-corrected chi connectivity index (χ1v) is 8.12. The summed E-state index contributed by atoms with van der Waals surface area (Å²) in [6.45, 7) is 0. The van der Waals surface area contributed by atoms with Gasteiger partial charge in [-0.3, -0.25) is 9.36 Å². The van der Waals surface area contributed by atoms with Crippen LogP contribution >= 0.6 is 11.3 Å². The summed E-state index contributed by atoms with van der Waals surface area (Å²) < 4.78 is 17.4. The van der Waals surface area contributed by atoms with Gasteiger partial charge in [0.1, 0.15) is 0 Å². The summed E-state index contributed by atoms with van der Waals surface area (Å²) in [6.07, 6.45) is 3.57. The number of aromatic nitrogens is 1. The van der Waals surface area contributed by atoms with E-state index in [0.717, 1.165) is 10.4 Å². The lowest BCUT2D eigenvalue weighted by molar-refractivity contribution is 0.0959. The molecule has 0 N–H and O–H groups in total. The molecular formula is C18H17NO4S. The van der Waals surface area contributed by atoms with Gasteiger partial charge in [0.2, 0.25) is 5.75 Å². The molecule has 24 heavy (non-hydrogen) atoms. The van der Waals surface area contributed by atoms with Crippen LogP contribution in [0.3, 0.4) is 0 Å². The summed E-state index contributed by atoms with van der Waals surface area (Å²) in [5.74, 6) is 1.19. The molecule has 5 nitrogen and oxygen atoms in total. The molecule has 2 heterocycles. The van der Waals surface area contributed by atoms with E-state index in [1.165, 1.54) is 21.3 Å². The van der Waals surface area contributed by atoms with E-state index in [-0.39, 0.29) is 5.91 Å². The summed E-state index contributed by atoms with van der Waals surface area (Å²) in [6, 6.07) is 9.22. The molecule has 0 amide bonds. The normalized spacial score (nSPS) is 10.5. The Hall–Kier alpha value is -2.73. The van der Waals surface area contributed by atoms with Gasteiger partial charge in [0, 0.05) is 28.4 Å². The zero-order valence-corrected chi connectivity index (χ0v) is 14.4. The lowest BCUT2D eigenvalue weighted by Crippen LogP contribution is -2.10. The Kier molecular flexibility index (Phi) is 4.57. The second kappa shape index (κ2) is 6.80. The second-order valence-corrected chi connectivity index (χ2v) is 5.95. The first kappa shape index (κ1) is 16.1.